The van der Waals surface area contributed by atoms with Crippen LogP contribution in [0.2, 0.25) is 0 Å². The molecule has 6 heteroatoms. The van der Waals surface area contributed by atoms with E-state index in [-0.39, 0.29) is 0 Å². The lowest BCUT2D eigenvalue weighted by Gasteiger charge is -2.22. The van der Waals surface area contributed by atoms with Crippen molar-refractivity contribution in [2.24, 2.45) is 10.1 Å². The first-order chi connectivity index (χ1) is 15.9. The van der Waals surface area contributed by atoms with Gasteiger partial charge in [-0.3, -0.25) is 9.97 Å². The average Bonchev–Trinajstić information content (AvgIpc) is 3.27. The summed E-state index contributed by atoms with van der Waals surface area (Å²) in [6, 6.07) is 18.6. The van der Waals surface area contributed by atoms with Crippen LogP contribution in [-0.2, 0) is 0 Å². The van der Waals surface area contributed by atoms with E-state index in [0.29, 0.717) is 5.92 Å². The molecule has 5 nitrogen and oxygen atoms in total. The summed E-state index contributed by atoms with van der Waals surface area (Å²) in [5.41, 5.74) is 5.20. The first-order valence-corrected chi connectivity index (χ1v) is 12.0. The Labute approximate surface area is 191 Å². The Balaban J connectivity index is 1.53. The van der Waals surface area contributed by atoms with Crippen molar-refractivity contribution in [3.8, 4) is 11.3 Å². The van der Waals surface area contributed by atoms with Crippen LogP contribution in [0.3, 0.4) is 0 Å². The molecule has 0 bridgehead atoms. The molecular weight excluding hydrogens is 414 g/mol. The summed E-state index contributed by atoms with van der Waals surface area (Å²) in [7, 11) is 0. The summed E-state index contributed by atoms with van der Waals surface area (Å²) in [5, 5.41) is 6.86. The lowest BCUT2D eigenvalue weighted by Crippen LogP contribution is -2.11. The van der Waals surface area contributed by atoms with Gasteiger partial charge < -0.3 is 0 Å². The third-order valence-corrected chi connectivity index (χ3v) is 6.65. The fourth-order valence-corrected chi connectivity index (χ4v) is 5.00. The normalized spacial score (nSPS) is 15.4. The number of thiazole rings is 1. The standard InChI is InChI=1S/C26H25N5S/c1-2-7-20(8-3-1)21-11-13-22(14-12-21)25-19-32-26(30-24-10-6-15-27-17-24)31(25)29-18-23-9-4-5-16-28-23/h4-6,9-20H,1-3,7-8H2. The predicted molar refractivity (Wildman–Crippen MR) is 130 cm³/mol. The Hall–Kier alpha value is -3.38. The molecule has 1 aromatic carbocycles. The van der Waals surface area contributed by atoms with E-state index in [2.05, 4.69) is 39.6 Å². The third kappa shape index (κ3) is 4.75. The highest BCUT2D eigenvalue weighted by molar-refractivity contribution is 7.07. The largest absolute Gasteiger partial charge is 0.262 e. The summed E-state index contributed by atoms with van der Waals surface area (Å²) in [6.07, 6.45) is 13.7. The van der Waals surface area contributed by atoms with Gasteiger partial charge in [0.15, 0.2) is 0 Å². The second-order valence-corrected chi connectivity index (χ2v) is 8.83. The summed E-state index contributed by atoms with van der Waals surface area (Å²) in [6.45, 7) is 0. The molecule has 0 unspecified atom stereocenters. The van der Waals surface area contributed by atoms with Gasteiger partial charge in [-0.15, -0.1) is 11.3 Å². The minimum absolute atomic E-state index is 0.700. The molecule has 0 radical (unpaired) electrons. The molecule has 0 aliphatic heterocycles. The molecule has 1 fully saturated rings. The van der Waals surface area contributed by atoms with E-state index in [9.17, 15) is 0 Å². The van der Waals surface area contributed by atoms with E-state index in [1.807, 2.05) is 35.0 Å². The first-order valence-electron chi connectivity index (χ1n) is 11.1. The predicted octanol–water partition coefficient (Wildman–Crippen LogP) is 6.17. The number of nitrogens with zero attached hydrogens (tertiary/aromatic N) is 5. The van der Waals surface area contributed by atoms with Crippen LogP contribution in [-0.4, -0.2) is 20.9 Å². The lowest BCUT2D eigenvalue weighted by atomic mass is 9.84. The summed E-state index contributed by atoms with van der Waals surface area (Å²) in [5.74, 6) is 0.700. The van der Waals surface area contributed by atoms with Crippen LogP contribution in [0, 0.1) is 0 Å². The summed E-state index contributed by atoms with van der Waals surface area (Å²) in [4.78, 5) is 14.1. The molecule has 0 atom stereocenters. The second kappa shape index (κ2) is 9.83. The second-order valence-electron chi connectivity index (χ2n) is 7.99. The van der Waals surface area contributed by atoms with Crippen molar-refractivity contribution in [3.63, 3.8) is 0 Å². The maximum Gasteiger partial charge on any atom is 0.211 e. The van der Waals surface area contributed by atoms with Gasteiger partial charge in [0, 0.05) is 23.3 Å². The van der Waals surface area contributed by atoms with E-state index in [4.69, 9.17) is 10.1 Å². The number of pyridine rings is 2. The molecule has 1 saturated carbocycles. The molecule has 0 saturated heterocycles. The van der Waals surface area contributed by atoms with Crippen LogP contribution in [0.25, 0.3) is 11.3 Å². The fraction of sp³-hybridized carbons (Fsp3) is 0.231. The van der Waals surface area contributed by atoms with E-state index in [1.165, 1.54) is 37.7 Å². The number of benzene rings is 1. The van der Waals surface area contributed by atoms with Crippen molar-refractivity contribution < 1.29 is 0 Å². The smallest absolute Gasteiger partial charge is 0.211 e. The Kier molecular flexibility index (Phi) is 6.30. The highest BCUT2D eigenvalue weighted by Gasteiger charge is 2.16. The van der Waals surface area contributed by atoms with Crippen molar-refractivity contribution in [1.82, 2.24) is 14.6 Å². The maximum absolute atomic E-state index is 4.78. The molecule has 3 heterocycles. The molecule has 32 heavy (non-hydrogen) atoms. The van der Waals surface area contributed by atoms with Gasteiger partial charge in [-0.25, -0.2) is 9.67 Å². The van der Waals surface area contributed by atoms with E-state index in [0.717, 1.165) is 27.4 Å². The Morgan fingerprint density at radius 3 is 2.56 bits per heavy atom. The van der Waals surface area contributed by atoms with Gasteiger partial charge in [0.1, 0.15) is 0 Å². The van der Waals surface area contributed by atoms with Crippen LogP contribution in [0.1, 0.15) is 49.3 Å². The number of hydrogen-bond donors (Lipinski definition) is 0. The van der Waals surface area contributed by atoms with Crippen molar-refractivity contribution in [2.45, 2.75) is 38.0 Å². The number of hydrogen-bond acceptors (Lipinski definition) is 5. The number of rotatable bonds is 5. The van der Waals surface area contributed by atoms with Gasteiger partial charge in [-0.05, 0) is 48.6 Å². The van der Waals surface area contributed by atoms with Gasteiger partial charge in [0.05, 0.1) is 29.5 Å². The molecule has 160 valence electrons. The molecule has 3 aromatic heterocycles. The van der Waals surface area contributed by atoms with Gasteiger partial charge in [-0.1, -0.05) is 49.6 Å². The van der Waals surface area contributed by atoms with E-state index >= 15 is 0 Å². The summed E-state index contributed by atoms with van der Waals surface area (Å²) >= 11 is 1.57. The zero-order chi connectivity index (χ0) is 21.6. The highest BCUT2D eigenvalue weighted by Crippen LogP contribution is 2.33. The van der Waals surface area contributed by atoms with Gasteiger partial charge in [-0.2, -0.15) is 5.10 Å². The molecule has 1 aliphatic rings. The molecule has 0 amide bonds. The first kappa shape index (κ1) is 20.5. The maximum atomic E-state index is 4.78. The topological polar surface area (TPSA) is 55.4 Å². The zero-order valence-corrected chi connectivity index (χ0v) is 18.7. The molecule has 0 N–H and O–H groups in total. The van der Waals surface area contributed by atoms with E-state index < -0.39 is 0 Å². The van der Waals surface area contributed by atoms with Crippen molar-refractivity contribution >= 4 is 23.2 Å². The minimum Gasteiger partial charge on any atom is -0.262 e. The lowest BCUT2D eigenvalue weighted by molar-refractivity contribution is 0.443. The SMILES string of the molecule is C(=Nn1c(-c2ccc(C3CCCCC3)cc2)csc1=Nc1cccnc1)c1ccccn1. The third-order valence-electron chi connectivity index (χ3n) is 5.83. The zero-order valence-electron chi connectivity index (χ0n) is 17.8. The molecule has 5 rings (SSSR count). The van der Waals surface area contributed by atoms with Crippen LogP contribution in [0.15, 0.2) is 88.7 Å². The number of aromatic nitrogens is 3. The monoisotopic (exact) mass is 439 g/mol. The van der Waals surface area contributed by atoms with Crippen LogP contribution in [0.4, 0.5) is 5.69 Å². The summed E-state index contributed by atoms with van der Waals surface area (Å²) < 4.78 is 1.89. The van der Waals surface area contributed by atoms with Crippen LogP contribution >= 0.6 is 11.3 Å². The molecule has 4 aromatic rings. The Morgan fingerprint density at radius 2 is 1.81 bits per heavy atom. The highest BCUT2D eigenvalue weighted by atomic mass is 32.1. The van der Waals surface area contributed by atoms with Crippen LogP contribution in [0.5, 0.6) is 0 Å². The molecular formula is C26H25N5S. The van der Waals surface area contributed by atoms with E-state index in [1.54, 1.807) is 36.1 Å². The fourth-order valence-electron chi connectivity index (χ4n) is 4.15. The van der Waals surface area contributed by atoms with Gasteiger partial charge in [0.2, 0.25) is 4.80 Å². The van der Waals surface area contributed by atoms with Crippen molar-refractivity contribution in [3.05, 3.63) is 94.6 Å². The molecule has 1 aliphatic carbocycles. The Bertz CT molecular complexity index is 1230. The van der Waals surface area contributed by atoms with Crippen molar-refractivity contribution in [1.29, 1.82) is 0 Å². The minimum atomic E-state index is 0.700. The average molecular weight is 440 g/mol. The van der Waals surface area contributed by atoms with Crippen molar-refractivity contribution in [2.75, 3.05) is 0 Å². The van der Waals surface area contributed by atoms with Gasteiger partial charge in [0.25, 0.3) is 0 Å². The molecule has 0 spiro atoms. The van der Waals surface area contributed by atoms with Crippen LogP contribution < -0.4 is 4.80 Å². The Morgan fingerprint density at radius 1 is 0.938 bits per heavy atom. The van der Waals surface area contributed by atoms with Gasteiger partial charge >= 0.3 is 0 Å². The quantitative estimate of drug-likeness (QED) is 0.349.